The van der Waals surface area contributed by atoms with E-state index >= 15 is 0 Å². The van der Waals surface area contributed by atoms with Crippen LogP contribution in [0.5, 0.6) is 0 Å². The van der Waals surface area contributed by atoms with Crippen LogP contribution in [0, 0.1) is 0 Å². The zero-order chi connectivity index (χ0) is 9.26. The van der Waals surface area contributed by atoms with Crippen LogP contribution in [0.15, 0.2) is 24.5 Å². The van der Waals surface area contributed by atoms with Crippen molar-refractivity contribution < 1.29 is 4.39 Å². The molecule has 0 N–H and O–H groups in total. The molecule has 1 aromatic heterocycles. The summed E-state index contributed by atoms with van der Waals surface area (Å²) in [4.78, 5) is 0. The highest BCUT2D eigenvalue weighted by Gasteiger charge is 2.25. The molecule has 2 rings (SSSR count). The molecule has 4 heteroatoms. The van der Waals surface area contributed by atoms with Crippen LogP contribution in [-0.4, -0.2) is 21.2 Å². The van der Waals surface area contributed by atoms with E-state index in [1.165, 1.54) is 0 Å². The Kier molecular flexibility index (Phi) is 2.12. The molecule has 0 radical (unpaired) electrons. The van der Waals surface area contributed by atoms with Gasteiger partial charge in [-0.25, -0.2) is 9.07 Å². The molecule has 2 atom stereocenters. The lowest BCUT2D eigenvalue weighted by atomic mass is 9.90. The van der Waals surface area contributed by atoms with E-state index in [1.807, 2.05) is 0 Å². The molecule has 1 aliphatic carbocycles. The zero-order valence-corrected chi connectivity index (χ0v) is 7.36. The van der Waals surface area contributed by atoms with Crippen LogP contribution >= 0.6 is 0 Å². The third-order valence-corrected chi connectivity index (χ3v) is 2.47. The number of halogens is 1. The minimum atomic E-state index is -0.715. The summed E-state index contributed by atoms with van der Waals surface area (Å²) < 4.78 is 14.7. The van der Waals surface area contributed by atoms with E-state index in [9.17, 15) is 4.39 Å². The molecule has 0 saturated heterocycles. The van der Waals surface area contributed by atoms with Gasteiger partial charge >= 0.3 is 0 Å². The fraction of sp³-hybridized carbons (Fsp3) is 0.556. The summed E-state index contributed by atoms with van der Waals surface area (Å²) in [5.41, 5.74) is 0.921. The van der Waals surface area contributed by atoms with Crippen LogP contribution in [0.25, 0.3) is 0 Å². The summed E-state index contributed by atoms with van der Waals surface area (Å²) in [7, 11) is 0. The topological polar surface area (TPSA) is 30.7 Å². The van der Waals surface area contributed by atoms with Gasteiger partial charge in [-0.15, -0.1) is 5.10 Å². The van der Waals surface area contributed by atoms with Gasteiger partial charge in [-0.3, -0.25) is 0 Å². The Morgan fingerprint density at radius 1 is 1.54 bits per heavy atom. The number of aromatic nitrogens is 3. The number of alkyl halides is 1. The summed E-state index contributed by atoms with van der Waals surface area (Å²) in [6.45, 7) is 3.87. The predicted molar refractivity (Wildman–Crippen MR) is 46.9 cm³/mol. The van der Waals surface area contributed by atoms with E-state index in [-0.39, 0.29) is 6.04 Å². The summed E-state index contributed by atoms with van der Waals surface area (Å²) in [6, 6.07) is 0.148. The average molecular weight is 181 g/mol. The van der Waals surface area contributed by atoms with Crippen molar-refractivity contribution in [3.05, 3.63) is 24.5 Å². The van der Waals surface area contributed by atoms with Gasteiger partial charge < -0.3 is 0 Å². The van der Waals surface area contributed by atoms with Gasteiger partial charge in [0.1, 0.15) is 6.17 Å². The monoisotopic (exact) mass is 181 g/mol. The minimum absolute atomic E-state index is 0.148. The predicted octanol–water partition coefficient (Wildman–Crippen LogP) is 1.90. The number of rotatable bonds is 1. The third-order valence-electron chi connectivity index (χ3n) is 2.47. The molecular formula is C9H12FN3. The van der Waals surface area contributed by atoms with E-state index in [4.69, 9.17) is 0 Å². The fourth-order valence-corrected chi connectivity index (χ4v) is 1.77. The second kappa shape index (κ2) is 3.28. The summed E-state index contributed by atoms with van der Waals surface area (Å²) in [5, 5.41) is 7.63. The highest BCUT2D eigenvalue weighted by molar-refractivity contribution is 5.08. The Hall–Kier alpha value is -1.19. The first kappa shape index (κ1) is 8.41. The van der Waals surface area contributed by atoms with Crippen LogP contribution in [0.4, 0.5) is 4.39 Å². The lowest BCUT2D eigenvalue weighted by molar-refractivity contribution is 0.247. The Balaban J connectivity index is 2.13. The summed E-state index contributed by atoms with van der Waals surface area (Å²) in [6.07, 6.45) is 4.56. The van der Waals surface area contributed by atoms with E-state index < -0.39 is 6.17 Å². The summed E-state index contributed by atoms with van der Waals surface area (Å²) in [5.74, 6) is 0. The van der Waals surface area contributed by atoms with Crippen molar-refractivity contribution >= 4 is 0 Å². The molecule has 13 heavy (non-hydrogen) atoms. The highest BCUT2D eigenvalue weighted by Crippen LogP contribution is 2.32. The largest absolute Gasteiger partial charge is 0.247 e. The van der Waals surface area contributed by atoms with Gasteiger partial charge in [0, 0.05) is 12.6 Å². The molecule has 1 saturated carbocycles. The van der Waals surface area contributed by atoms with Gasteiger partial charge in [-0.2, -0.15) is 0 Å². The molecule has 0 aliphatic heterocycles. The van der Waals surface area contributed by atoms with E-state index in [1.54, 1.807) is 17.1 Å². The fourth-order valence-electron chi connectivity index (χ4n) is 1.77. The van der Waals surface area contributed by atoms with E-state index in [0.29, 0.717) is 12.8 Å². The van der Waals surface area contributed by atoms with Gasteiger partial charge in [0.05, 0.1) is 12.2 Å². The van der Waals surface area contributed by atoms with Crippen LogP contribution in [-0.2, 0) is 0 Å². The van der Waals surface area contributed by atoms with Gasteiger partial charge in [-0.1, -0.05) is 17.4 Å². The number of allylic oxidation sites excluding steroid dienone is 1. The first-order valence-corrected chi connectivity index (χ1v) is 4.45. The second-order valence-electron chi connectivity index (χ2n) is 3.44. The quantitative estimate of drug-likeness (QED) is 0.619. The molecule has 3 nitrogen and oxygen atoms in total. The van der Waals surface area contributed by atoms with E-state index in [0.717, 1.165) is 12.0 Å². The van der Waals surface area contributed by atoms with Crippen molar-refractivity contribution in [2.75, 3.05) is 0 Å². The lowest BCUT2D eigenvalue weighted by Crippen LogP contribution is -2.21. The SMILES string of the molecule is C=C1CC(F)CCC1n1ccnn1. The average Bonchev–Trinajstić information content (AvgIpc) is 2.56. The van der Waals surface area contributed by atoms with Crippen molar-refractivity contribution in [3.8, 4) is 0 Å². The Bertz CT molecular complexity index is 294. The standard InChI is InChI=1S/C9H12FN3/c1-7-6-8(10)2-3-9(7)13-5-4-11-12-13/h4-5,8-9H,1-3,6H2. The van der Waals surface area contributed by atoms with Crippen molar-refractivity contribution in [1.29, 1.82) is 0 Å². The lowest BCUT2D eigenvalue weighted by Gasteiger charge is -2.26. The van der Waals surface area contributed by atoms with Crippen LogP contribution in [0.1, 0.15) is 25.3 Å². The molecule has 2 unspecified atom stereocenters. The number of nitrogens with zero attached hydrogens (tertiary/aromatic N) is 3. The molecule has 1 heterocycles. The van der Waals surface area contributed by atoms with Gasteiger partial charge in [0.15, 0.2) is 0 Å². The van der Waals surface area contributed by atoms with Crippen molar-refractivity contribution in [3.63, 3.8) is 0 Å². The normalized spacial score (nSPS) is 29.2. The number of hydrogen-bond acceptors (Lipinski definition) is 2. The molecule has 1 fully saturated rings. The molecule has 0 aromatic carbocycles. The molecular weight excluding hydrogens is 169 g/mol. The summed E-state index contributed by atoms with van der Waals surface area (Å²) >= 11 is 0. The van der Waals surface area contributed by atoms with E-state index in [2.05, 4.69) is 16.9 Å². The molecule has 1 aliphatic rings. The van der Waals surface area contributed by atoms with Gasteiger partial charge in [0.25, 0.3) is 0 Å². The zero-order valence-electron chi connectivity index (χ0n) is 7.36. The van der Waals surface area contributed by atoms with Crippen molar-refractivity contribution in [2.45, 2.75) is 31.5 Å². The highest BCUT2D eigenvalue weighted by atomic mass is 19.1. The van der Waals surface area contributed by atoms with Crippen LogP contribution in [0.2, 0.25) is 0 Å². The maximum Gasteiger partial charge on any atom is 0.104 e. The maximum atomic E-state index is 12.9. The van der Waals surface area contributed by atoms with Crippen LogP contribution < -0.4 is 0 Å². The minimum Gasteiger partial charge on any atom is -0.247 e. The Morgan fingerprint density at radius 3 is 3.00 bits per heavy atom. The smallest absolute Gasteiger partial charge is 0.104 e. The molecule has 0 bridgehead atoms. The van der Waals surface area contributed by atoms with Crippen LogP contribution in [0.3, 0.4) is 0 Å². The Labute approximate surface area is 76.3 Å². The first-order chi connectivity index (χ1) is 6.27. The second-order valence-corrected chi connectivity index (χ2v) is 3.44. The molecule has 0 spiro atoms. The van der Waals surface area contributed by atoms with Crippen molar-refractivity contribution in [1.82, 2.24) is 15.0 Å². The molecule has 1 aromatic rings. The molecule has 0 amide bonds. The maximum absolute atomic E-state index is 12.9. The van der Waals surface area contributed by atoms with Gasteiger partial charge in [-0.05, 0) is 12.8 Å². The first-order valence-electron chi connectivity index (χ1n) is 4.45. The van der Waals surface area contributed by atoms with Gasteiger partial charge in [0.2, 0.25) is 0 Å². The Morgan fingerprint density at radius 2 is 2.38 bits per heavy atom. The number of hydrogen-bond donors (Lipinski definition) is 0. The molecule has 70 valence electrons. The van der Waals surface area contributed by atoms with Crippen molar-refractivity contribution in [2.24, 2.45) is 0 Å². The third kappa shape index (κ3) is 1.61.